The molecule has 2 heterocycles. The summed E-state index contributed by atoms with van der Waals surface area (Å²) in [4.78, 5) is 27.0. The highest BCUT2D eigenvalue weighted by molar-refractivity contribution is 5.99. The van der Waals surface area contributed by atoms with Gasteiger partial charge in [-0.1, -0.05) is 30.3 Å². The van der Waals surface area contributed by atoms with Gasteiger partial charge in [0.15, 0.2) is 0 Å². The number of nitrogens with zero attached hydrogens (tertiary/aromatic N) is 2. The lowest BCUT2D eigenvalue weighted by molar-refractivity contribution is -0.156. The number of amides is 2. The number of aliphatic hydroxyl groups is 1. The Kier molecular flexibility index (Phi) is 4.06. The fourth-order valence-electron chi connectivity index (χ4n) is 3.98. The summed E-state index contributed by atoms with van der Waals surface area (Å²) < 4.78 is 0. The maximum atomic E-state index is 13.1. The van der Waals surface area contributed by atoms with E-state index in [-0.39, 0.29) is 18.9 Å². The second-order valence-corrected chi connectivity index (χ2v) is 7.21. The average molecular weight is 342 g/mol. The lowest BCUT2D eigenvalue weighted by Gasteiger charge is -2.47. The van der Waals surface area contributed by atoms with E-state index in [0.717, 1.165) is 5.56 Å². The molecule has 0 radical (unpaired) electrons. The number of nitriles is 1. The number of benzene rings is 1. The quantitative estimate of drug-likeness (QED) is 0.671. The van der Waals surface area contributed by atoms with Gasteiger partial charge in [-0.05, 0) is 19.4 Å². The smallest absolute Gasteiger partial charge is 0.248 e. The molecular formula is C18H22N4O3. The molecule has 132 valence electrons. The Balaban J connectivity index is 2.15. The SMILES string of the molecule is C[C@@H](O)[C@H](N)C(=O)N1C(c2ccccc2)C(C)(C#N)CC12CNC2=O. The van der Waals surface area contributed by atoms with Crippen LogP contribution in [0.5, 0.6) is 0 Å². The average Bonchev–Trinajstić information content (AvgIpc) is 2.92. The molecule has 2 aliphatic rings. The molecule has 1 spiro atoms. The lowest BCUT2D eigenvalue weighted by atomic mass is 9.75. The van der Waals surface area contributed by atoms with Gasteiger partial charge in [-0.25, -0.2) is 0 Å². The highest BCUT2D eigenvalue weighted by atomic mass is 16.3. The Morgan fingerprint density at radius 2 is 2.12 bits per heavy atom. The number of hydrogen-bond acceptors (Lipinski definition) is 5. The van der Waals surface area contributed by atoms with Crippen LogP contribution in [0.4, 0.5) is 0 Å². The molecule has 7 nitrogen and oxygen atoms in total. The van der Waals surface area contributed by atoms with E-state index in [4.69, 9.17) is 5.73 Å². The van der Waals surface area contributed by atoms with E-state index >= 15 is 0 Å². The summed E-state index contributed by atoms with van der Waals surface area (Å²) in [6, 6.07) is 9.73. The van der Waals surface area contributed by atoms with E-state index in [1.807, 2.05) is 30.3 Å². The van der Waals surface area contributed by atoms with Gasteiger partial charge >= 0.3 is 0 Å². The van der Waals surface area contributed by atoms with E-state index in [1.54, 1.807) is 6.92 Å². The van der Waals surface area contributed by atoms with Gasteiger partial charge in [0.2, 0.25) is 11.8 Å². The predicted molar refractivity (Wildman–Crippen MR) is 89.8 cm³/mol. The molecular weight excluding hydrogens is 320 g/mol. The maximum absolute atomic E-state index is 13.1. The fraction of sp³-hybridized carbons (Fsp3) is 0.500. The number of rotatable bonds is 3. The van der Waals surface area contributed by atoms with Crippen LogP contribution in [0.15, 0.2) is 30.3 Å². The van der Waals surface area contributed by atoms with Crippen LogP contribution in [0.25, 0.3) is 0 Å². The lowest BCUT2D eigenvalue weighted by Crippen LogP contribution is -2.73. The minimum absolute atomic E-state index is 0.236. The third kappa shape index (κ3) is 2.41. The molecule has 0 aliphatic carbocycles. The van der Waals surface area contributed by atoms with Crippen LogP contribution in [0.1, 0.15) is 31.9 Å². The fourth-order valence-corrected chi connectivity index (χ4v) is 3.98. The summed E-state index contributed by atoms with van der Waals surface area (Å²) in [6.07, 6.45) is -0.821. The van der Waals surface area contributed by atoms with Crippen LogP contribution in [0, 0.1) is 16.7 Å². The molecule has 4 N–H and O–H groups in total. The molecule has 3 unspecified atom stereocenters. The van der Waals surface area contributed by atoms with Crippen molar-refractivity contribution in [2.75, 3.05) is 6.54 Å². The van der Waals surface area contributed by atoms with Crippen molar-refractivity contribution in [3.8, 4) is 6.07 Å². The minimum Gasteiger partial charge on any atom is -0.391 e. The molecule has 0 aromatic heterocycles. The van der Waals surface area contributed by atoms with Gasteiger partial charge in [0.1, 0.15) is 11.6 Å². The standard InChI is InChI=1S/C18H22N4O3/c1-11(23)13(20)15(24)22-14(12-6-4-3-5-7-12)17(2,9-19)8-18(22)10-21-16(18)25/h3-7,11,13-14,23H,8,10,20H2,1-2H3,(H,21,25)/t11-,13+,14?,17?,18?/m1/s1. The van der Waals surface area contributed by atoms with Gasteiger partial charge in [-0.3, -0.25) is 9.59 Å². The summed E-state index contributed by atoms with van der Waals surface area (Å²) in [6.45, 7) is 3.48. The molecule has 2 saturated heterocycles. The van der Waals surface area contributed by atoms with E-state index < -0.39 is 35.0 Å². The maximum Gasteiger partial charge on any atom is 0.248 e. The first kappa shape index (κ1) is 17.4. The molecule has 2 fully saturated rings. The Labute approximate surface area is 146 Å². The molecule has 2 aliphatic heterocycles. The molecule has 3 rings (SSSR count). The molecule has 0 saturated carbocycles. The molecule has 2 amide bonds. The molecule has 25 heavy (non-hydrogen) atoms. The second-order valence-electron chi connectivity index (χ2n) is 7.21. The zero-order valence-electron chi connectivity index (χ0n) is 14.3. The van der Waals surface area contributed by atoms with E-state index in [1.165, 1.54) is 11.8 Å². The van der Waals surface area contributed by atoms with Crippen molar-refractivity contribution in [2.45, 2.75) is 44.0 Å². The Hall–Kier alpha value is -2.43. The third-order valence-corrected chi connectivity index (χ3v) is 5.36. The number of nitrogens with one attached hydrogen (secondary N) is 1. The van der Waals surface area contributed by atoms with Crippen molar-refractivity contribution in [2.24, 2.45) is 11.1 Å². The third-order valence-electron chi connectivity index (χ3n) is 5.36. The molecule has 1 aromatic rings. The van der Waals surface area contributed by atoms with Gasteiger partial charge in [0.05, 0.1) is 30.2 Å². The molecule has 0 bridgehead atoms. The number of likely N-dealkylation sites (tertiary alicyclic amines) is 1. The van der Waals surface area contributed by atoms with Crippen LogP contribution in [0.3, 0.4) is 0 Å². The molecule has 5 atom stereocenters. The number of hydrogen-bond donors (Lipinski definition) is 3. The summed E-state index contributed by atoms with van der Waals surface area (Å²) in [5.74, 6) is -0.795. The van der Waals surface area contributed by atoms with Crippen molar-refractivity contribution >= 4 is 11.8 Å². The Morgan fingerprint density at radius 1 is 1.48 bits per heavy atom. The largest absolute Gasteiger partial charge is 0.391 e. The number of carbonyl (C=O) groups is 2. The number of nitrogens with two attached hydrogens (primary N) is 1. The van der Waals surface area contributed by atoms with E-state index in [0.29, 0.717) is 0 Å². The van der Waals surface area contributed by atoms with E-state index in [9.17, 15) is 20.0 Å². The monoisotopic (exact) mass is 342 g/mol. The first-order valence-corrected chi connectivity index (χ1v) is 8.28. The van der Waals surface area contributed by atoms with Gasteiger partial charge in [-0.15, -0.1) is 0 Å². The molecule has 1 aromatic carbocycles. The number of β-lactam (4-membered cyclic amide) rings is 1. The van der Waals surface area contributed by atoms with Gasteiger partial charge in [0.25, 0.3) is 0 Å². The second kappa shape index (κ2) is 5.83. The summed E-state index contributed by atoms with van der Waals surface area (Å²) in [5.41, 5.74) is 4.65. The molecule has 7 heteroatoms. The zero-order chi connectivity index (χ0) is 18.4. The highest BCUT2D eigenvalue weighted by Gasteiger charge is 2.67. The van der Waals surface area contributed by atoms with Gasteiger partial charge < -0.3 is 21.1 Å². The van der Waals surface area contributed by atoms with Gasteiger partial charge in [-0.2, -0.15) is 5.26 Å². The van der Waals surface area contributed by atoms with Crippen molar-refractivity contribution < 1.29 is 14.7 Å². The van der Waals surface area contributed by atoms with Crippen LogP contribution < -0.4 is 11.1 Å². The first-order valence-electron chi connectivity index (χ1n) is 8.28. The summed E-state index contributed by atoms with van der Waals surface area (Å²) in [5, 5.41) is 22.3. The highest BCUT2D eigenvalue weighted by Crippen LogP contribution is 2.56. The topological polar surface area (TPSA) is 119 Å². The van der Waals surface area contributed by atoms with Crippen LogP contribution in [-0.2, 0) is 9.59 Å². The Bertz CT molecular complexity index is 744. The predicted octanol–water partition coefficient (Wildman–Crippen LogP) is 0.0666. The number of aliphatic hydroxyl groups excluding tert-OH is 1. The minimum atomic E-state index is -1.16. The van der Waals surface area contributed by atoms with Crippen LogP contribution in [0.2, 0.25) is 0 Å². The van der Waals surface area contributed by atoms with Crippen LogP contribution in [-0.4, -0.2) is 46.1 Å². The Morgan fingerprint density at radius 3 is 2.56 bits per heavy atom. The van der Waals surface area contributed by atoms with Crippen molar-refractivity contribution in [1.82, 2.24) is 10.2 Å². The van der Waals surface area contributed by atoms with Crippen molar-refractivity contribution in [1.29, 1.82) is 5.26 Å². The van der Waals surface area contributed by atoms with E-state index in [2.05, 4.69) is 11.4 Å². The normalized spacial score (nSPS) is 33.3. The zero-order valence-corrected chi connectivity index (χ0v) is 14.3. The summed E-state index contributed by atoms with van der Waals surface area (Å²) >= 11 is 0. The van der Waals surface area contributed by atoms with Crippen molar-refractivity contribution in [3.63, 3.8) is 0 Å². The summed E-state index contributed by atoms with van der Waals surface area (Å²) in [7, 11) is 0. The van der Waals surface area contributed by atoms with Gasteiger partial charge in [0, 0.05) is 6.42 Å². The number of carbonyl (C=O) groups excluding carboxylic acids is 2. The first-order chi connectivity index (χ1) is 11.8. The van der Waals surface area contributed by atoms with Crippen LogP contribution >= 0.6 is 0 Å². The van der Waals surface area contributed by atoms with Crippen molar-refractivity contribution in [3.05, 3.63) is 35.9 Å².